The maximum absolute atomic E-state index is 13.5. The number of aliphatic hydroxyl groups is 8. The number of carbonyl (C=O) groups is 2. The van der Waals surface area contributed by atoms with Crippen LogP contribution in [0.5, 0.6) is 0 Å². The Morgan fingerprint density at radius 1 is 0.742 bits per heavy atom. The second-order valence-corrected chi connectivity index (χ2v) is 19.3. The van der Waals surface area contributed by atoms with Crippen molar-refractivity contribution in [3.8, 4) is 0 Å². The van der Waals surface area contributed by atoms with Crippen molar-refractivity contribution in [1.29, 1.82) is 0 Å². The Bertz CT molecular complexity index is 1470. The first-order valence-electron chi connectivity index (χ1n) is 24.7. The van der Waals surface area contributed by atoms with Crippen molar-refractivity contribution in [3.63, 3.8) is 0 Å². The Morgan fingerprint density at radius 2 is 1.35 bits per heavy atom. The first-order chi connectivity index (χ1) is 31.6. The summed E-state index contributed by atoms with van der Waals surface area (Å²) in [6.45, 7) is 2.81. The highest BCUT2D eigenvalue weighted by molar-refractivity contribution is 7.47. The van der Waals surface area contributed by atoms with Gasteiger partial charge in [-0.3, -0.25) is 18.6 Å². The van der Waals surface area contributed by atoms with Crippen molar-refractivity contribution in [3.05, 3.63) is 48.6 Å². The number of carbonyl (C=O) groups excluding carboxylic acids is 2. The summed E-state index contributed by atoms with van der Waals surface area (Å²) in [7, 11) is -5.43. The van der Waals surface area contributed by atoms with E-state index in [1.807, 2.05) is 6.92 Å². The zero-order valence-electron chi connectivity index (χ0n) is 39.6. The third kappa shape index (κ3) is 24.8. The number of rotatable bonds is 23. The number of hydrogen-bond acceptors (Lipinski definition) is 15. The van der Waals surface area contributed by atoms with Gasteiger partial charge in [-0.15, -0.1) is 0 Å². The summed E-state index contributed by atoms with van der Waals surface area (Å²) in [5.41, 5.74) is 0. The number of cyclic esters (lactones) is 1. The van der Waals surface area contributed by atoms with Gasteiger partial charge in [0.05, 0.1) is 37.1 Å². The maximum Gasteiger partial charge on any atom is 0.472 e. The van der Waals surface area contributed by atoms with Crippen molar-refractivity contribution >= 4 is 19.8 Å². The SMILES string of the molecule is CCCCC/C=C\C/C=C\C/C=C\CCCCCCC(=O)OC[C@@H]1COP(=O)(O)O[C@H]2[C@H](O)[C@@H](O)[C@H](O)[C@@H](CCCCCCC(=O)O1)[C@@H](O)C[C@@H](O)[C@H](/C=C/[C@@H](O)CCCCC)[C@@H](O)[C@H]2O. The lowest BCUT2D eigenvalue weighted by Crippen LogP contribution is -2.55. The molecule has 2 fully saturated rings. The van der Waals surface area contributed by atoms with E-state index in [1.165, 1.54) is 31.4 Å². The van der Waals surface area contributed by atoms with Crippen molar-refractivity contribution in [2.45, 2.75) is 223 Å². The molecular formula is C49H85O16P. The van der Waals surface area contributed by atoms with Gasteiger partial charge in [-0.05, 0) is 64.2 Å². The van der Waals surface area contributed by atoms with Crippen LogP contribution >= 0.6 is 7.82 Å². The van der Waals surface area contributed by atoms with Crippen molar-refractivity contribution < 1.29 is 78.4 Å². The number of phosphoric acid groups is 1. The fraction of sp³-hybridized carbons (Fsp3) is 0.796. The topological polar surface area (TPSA) is 270 Å². The predicted octanol–water partition coefficient (Wildman–Crippen LogP) is 6.33. The Hall–Kier alpha value is -2.31. The Balaban J connectivity index is 2.11. The van der Waals surface area contributed by atoms with Gasteiger partial charge in [0.15, 0.2) is 6.10 Å². The molecule has 0 aromatic rings. The minimum Gasteiger partial charge on any atom is -0.462 e. The molecule has 1 saturated carbocycles. The van der Waals surface area contributed by atoms with Gasteiger partial charge >= 0.3 is 19.8 Å². The van der Waals surface area contributed by atoms with Gasteiger partial charge in [0, 0.05) is 31.1 Å². The summed E-state index contributed by atoms with van der Waals surface area (Å²) in [6.07, 6.45) is 11.9. The Labute approximate surface area is 393 Å². The number of ether oxygens (including phenoxy) is 2. The van der Waals surface area contributed by atoms with E-state index in [-0.39, 0.29) is 19.3 Å². The van der Waals surface area contributed by atoms with E-state index in [1.54, 1.807) is 0 Å². The molecule has 9 N–H and O–H groups in total. The highest BCUT2D eigenvalue weighted by Gasteiger charge is 2.49. The number of hydrogen-bond donors (Lipinski definition) is 9. The minimum atomic E-state index is -5.43. The standard InChI is InChI=1S/C49H85O16P/c1-3-5-7-8-9-10-11-12-13-14-15-16-17-18-19-20-25-29-42(53)62-34-37-35-63-66(60,61)65-49-47(58)45(56)39(32-31-36(50)27-23-6-4-2)41(52)33-40(51)38(44(55)46(57)48(49)59)28-24-21-22-26-30-43(54)64-37/h9-10,12-13,15-16,31-32,36-41,44-52,55-59H,3-8,11,14,17-30,33-35H2,1-2H3,(H,60,61)/b10-9-,13-12-,16-15-,32-31+/t36-,37+,38-,39-,40-,41+,44+,45+,46-,47+,48+,49+/m0/s1. The number of allylic oxidation sites excluding steroid dienone is 6. The molecule has 17 heteroatoms. The first kappa shape index (κ1) is 59.8. The van der Waals surface area contributed by atoms with E-state index in [0.29, 0.717) is 44.9 Å². The van der Waals surface area contributed by atoms with Gasteiger partial charge in [-0.1, -0.05) is 127 Å². The van der Waals surface area contributed by atoms with E-state index in [9.17, 15) is 59.9 Å². The molecule has 0 spiro atoms. The van der Waals surface area contributed by atoms with Gasteiger partial charge < -0.3 is 55.2 Å². The average molecular weight is 961 g/mol. The van der Waals surface area contributed by atoms with E-state index >= 15 is 0 Å². The third-order valence-electron chi connectivity index (χ3n) is 12.2. The van der Waals surface area contributed by atoms with E-state index in [2.05, 4.69) is 43.4 Å². The molecular weight excluding hydrogens is 875 g/mol. The van der Waals surface area contributed by atoms with Crippen molar-refractivity contribution in [1.82, 2.24) is 0 Å². The summed E-state index contributed by atoms with van der Waals surface area (Å²) < 4.78 is 34.7. The molecule has 0 aromatic carbocycles. The van der Waals surface area contributed by atoms with Crippen molar-refractivity contribution in [2.75, 3.05) is 13.2 Å². The molecule has 1 saturated heterocycles. The van der Waals surface area contributed by atoms with Crippen LogP contribution in [0.25, 0.3) is 0 Å². The average Bonchev–Trinajstić information content (AvgIpc) is 3.28. The number of fused-ring (bicyclic) bond motifs is 4. The monoisotopic (exact) mass is 961 g/mol. The largest absolute Gasteiger partial charge is 0.472 e. The first-order valence-corrected chi connectivity index (χ1v) is 26.2. The molecule has 1 aliphatic heterocycles. The van der Waals surface area contributed by atoms with E-state index in [0.717, 1.165) is 57.8 Å². The number of aliphatic hydroxyl groups excluding tert-OH is 8. The Morgan fingerprint density at radius 3 is 2.03 bits per heavy atom. The maximum atomic E-state index is 13.5. The van der Waals surface area contributed by atoms with Crippen LogP contribution in [0.2, 0.25) is 0 Å². The lowest BCUT2D eigenvalue weighted by Gasteiger charge is -2.37. The Kier molecular flexibility index (Phi) is 31.6. The molecule has 0 amide bonds. The predicted molar refractivity (Wildman–Crippen MR) is 251 cm³/mol. The van der Waals surface area contributed by atoms with Gasteiger partial charge in [-0.25, -0.2) is 4.57 Å². The summed E-state index contributed by atoms with van der Waals surface area (Å²) in [5, 5.41) is 90.1. The molecule has 2 rings (SSSR count). The lowest BCUT2D eigenvalue weighted by atomic mass is 9.82. The molecule has 16 nitrogen and oxygen atoms in total. The fourth-order valence-electron chi connectivity index (χ4n) is 8.15. The summed E-state index contributed by atoms with van der Waals surface area (Å²) in [4.78, 5) is 36.5. The third-order valence-corrected chi connectivity index (χ3v) is 13.2. The number of phosphoric ester groups is 1. The highest BCUT2D eigenvalue weighted by Crippen LogP contribution is 2.47. The second kappa shape index (κ2) is 34.9. The molecule has 1 heterocycles. The van der Waals surface area contributed by atoms with Gasteiger partial charge in [-0.2, -0.15) is 0 Å². The van der Waals surface area contributed by atoms with Gasteiger partial charge in [0.25, 0.3) is 0 Å². The van der Waals surface area contributed by atoms with Crippen LogP contribution in [0, 0.1) is 11.8 Å². The normalized spacial score (nSPS) is 32.2. The summed E-state index contributed by atoms with van der Waals surface area (Å²) in [6, 6.07) is 0. The van der Waals surface area contributed by atoms with Gasteiger partial charge in [0.1, 0.15) is 31.0 Å². The number of unbranched alkanes of at least 4 members (excludes halogenated alkanes) is 9. The molecule has 382 valence electrons. The molecule has 66 heavy (non-hydrogen) atoms. The van der Waals surface area contributed by atoms with Crippen LogP contribution in [0.15, 0.2) is 48.6 Å². The molecule has 1 aliphatic carbocycles. The molecule has 0 aromatic heterocycles. The zero-order valence-corrected chi connectivity index (χ0v) is 40.4. The second-order valence-electron chi connectivity index (χ2n) is 17.9. The molecule has 0 radical (unpaired) electrons. The quantitative estimate of drug-likeness (QED) is 0.0234. The zero-order chi connectivity index (χ0) is 48.7. The molecule has 13 atom stereocenters. The minimum absolute atomic E-state index is 0.0549. The fourth-order valence-corrected chi connectivity index (χ4v) is 9.13. The van der Waals surface area contributed by atoms with Crippen LogP contribution < -0.4 is 0 Å². The molecule has 2 aliphatic rings. The van der Waals surface area contributed by atoms with Crippen LogP contribution in [0.4, 0.5) is 0 Å². The van der Waals surface area contributed by atoms with E-state index < -0.39 is 112 Å². The smallest absolute Gasteiger partial charge is 0.462 e. The van der Waals surface area contributed by atoms with Crippen LogP contribution in [0.1, 0.15) is 162 Å². The summed E-state index contributed by atoms with van der Waals surface area (Å²) in [5.74, 6) is -3.90. The summed E-state index contributed by atoms with van der Waals surface area (Å²) >= 11 is 0. The highest BCUT2D eigenvalue weighted by atomic mass is 31.2. The van der Waals surface area contributed by atoms with Gasteiger partial charge in [0.2, 0.25) is 0 Å². The molecule has 1 unspecified atom stereocenters. The number of esters is 2. The van der Waals surface area contributed by atoms with Crippen LogP contribution in [-0.2, 0) is 32.7 Å². The lowest BCUT2D eigenvalue weighted by molar-refractivity contribution is -0.167. The van der Waals surface area contributed by atoms with Crippen LogP contribution in [-0.4, -0.2) is 132 Å². The van der Waals surface area contributed by atoms with Crippen molar-refractivity contribution in [2.24, 2.45) is 11.8 Å². The van der Waals surface area contributed by atoms with Crippen LogP contribution in [0.3, 0.4) is 0 Å². The van der Waals surface area contributed by atoms with E-state index in [4.69, 9.17) is 18.5 Å². The molecule has 2 bridgehead atoms.